The van der Waals surface area contributed by atoms with Crippen LogP contribution in [0.25, 0.3) is 11.3 Å². The Balaban J connectivity index is 2.52. The predicted molar refractivity (Wildman–Crippen MR) is 54.4 cm³/mol. The van der Waals surface area contributed by atoms with Crippen LogP contribution in [0.2, 0.25) is 0 Å². The standard InChI is InChI=1S/C11H7FN2O2/c12-9-2-1-7(5-8(9)11(15)16)10-6-13-3-4-14-10/h1-6H,(H,15,16). The van der Waals surface area contributed by atoms with Gasteiger partial charge in [-0.15, -0.1) is 0 Å². The van der Waals surface area contributed by atoms with E-state index in [4.69, 9.17) is 5.11 Å². The number of halogens is 1. The van der Waals surface area contributed by atoms with E-state index in [0.29, 0.717) is 11.3 Å². The molecule has 0 fully saturated rings. The molecule has 80 valence electrons. The van der Waals surface area contributed by atoms with Crippen LogP contribution in [0.1, 0.15) is 10.4 Å². The maximum atomic E-state index is 13.1. The van der Waals surface area contributed by atoms with Crippen LogP contribution >= 0.6 is 0 Å². The van der Waals surface area contributed by atoms with Gasteiger partial charge in [0.15, 0.2) is 0 Å². The highest BCUT2D eigenvalue weighted by molar-refractivity contribution is 5.89. The van der Waals surface area contributed by atoms with E-state index in [-0.39, 0.29) is 5.56 Å². The minimum atomic E-state index is -1.30. The fourth-order valence-electron chi connectivity index (χ4n) is 1.30. The van der Waals surface area contributed by atoms with E-state index < -0.39 is 11.8 Å². The largest absolute Gasteiger partial charge is 0.478 e. The normalized spacial score (nSPS) is 10.1. The molecule has 4 nitrogen and oxygen atoms in total. The van der Waals surface area contributed by atoms with Crippen LogP contribution in [-0.2, 0) is 0 Å². The Kier molecular flexibility index (Phi) is 2.59. The molecule has 0 amide bonds. The highest BCUT2D eigenvalue weighted by atomic mass is 19.1. The lowest BCUT2D eigenvalue weighted by Crippen LogP contribution is -2.00. The van der Waals surface area contributed by atoms with Gasteiger partial charge in [-0.05, 0) is 18.2 Å². The number of aromatic carboxylic acids is 1. The molecule has 1 aromatic heterocycles. The molecule has 1 aromatic carbocycles. The zero-order valence-electron chi connectivity index (χ0n) is 8.09. The van der Waals surface area contributed by atoms with E-state index in [1.165, 1.54) is 30.7 Å². The van der Waals surface area contributed by atoms with E-state index in [2.05, 4.69) is 9.97 Å². The molecule has 5 heteroatoms. The molecule has 2 rings (SSSR count). The van der Waals surface area contributed by atoms with E-state index in [9.17, 15) is 9.18 Å². The van der Waals surface area contributed by atoms with Crippen molar-refractivity contribution in [3.63, 3.8) is 0 Å². The van der Waals surface area contributed by atoms with Gasteiger partial charge in [-0.25, -0.2) is 9.18 Å². The molecule has 0 spiro atoms. The van der Waals surface area contributed by atoms with Crippen molar-refractivity contribution in [2.75, 3.05) is 0 Å². The Morgan fingerprint density at radius 1 is 1.31 bits per heavy atom. The second-order valence-corrected chi connectivity index (χ2v) is 3.09. The number of rotatable bonds is 2. The number of hydrogen-bond donors (Lipinski definition) is 1. The predicted octanol–water partition coefficient (Wildman–Crippen LogP) is 1.98. The Bertz CT molecular complexity index is 529. The fourth-order valence-corrected chi connectivity index (χ4v) is 1.30. The molecule has 0 aliphatic rings. The Morgan fingerprint density at radius 3 is 2.75 bits per heavy atom. The van der Waals surface area contributed by atoms with Crippen LogP contribution in [0.4, 0.5) is 4.39 Å². The van der Waals surface area contributed by atoms with Crippen molar-refractivity contribution >= 4 is 5.97 Å². The summed E-state index contributed by atoms with van der Waals surface area (Å²) in [5.74, 6) is -2.07. The average Bonchev–Trinajstić information content (AvgIpc) is 2.30. The number of nitrogens with zero attached hydrogens (tertiary/aromatic N) is 2. The van der Waals surface area contributed by atoms with Crippen LogP contribution in [0.15, 0.2) is 36.8 Å². The topological polar surface area (TPSA) is 63.1 Å². The second kappa shape index (κ2) is 4.06. The van der Waals surface area contributed by atoms with Gasteiger partial charge in [0.1, 0.15) is 5.82 Å². The van der Waals surface area contributed by atoms with Gasteiger partial charge in [0.25, 0.3) is 0 Å². The lowest BCUT2D eigenvalue weighted by molar-refractivity contribution is 0.0692. The van der Waals surface area contributed by atoms with Gasteiger partial charge in [-0.1, -0.05) is 0 Å². The smallest absolute Gasteiger partial charge is 0.338 e. The molecule has 2 aromatic rings. The molecule has 0 unspecified atom stereocenters. The average molecular weight is 218 g/mol. The number of carboxylic acid groups (broad SMARTS) is 1. The van der Waals surface area contributed by atoms with Gasteiger partial charge in [-0.3, -0.25) is 9.97 Å². The highest BCUT2D eigenvalue weighted by Gasteiger charge is 2.11. The summed E-state index contributed by atoms with van der Waals surface area (Å²) in [6.45, 7) is 0. The number of carboxylic acids is 1. The van der Waals surface area contributed by atoms with Gasteiger partial charge >= 0.3 is 5.97 Å². The summed E-state index contributed by atoms with van der Waals surface area (Å²) in [6, 6.07) is 3.81. The van der Waals surface area contributed by atoms with Crippen LogP contribution in [-0.4, -0.2) is 21.0 Å². The van der Waals surface area contributed by atoms with Crippen LogP contribution in [0.3, 0.4) is 0 Å². The van der Waals surface area contributed by atoms with E-state index in [1.807, 2.05) is 0 Å². The third-order valence-electron chi connectivity index (χ3n) is 2.06. The molecular weight excluding hydrogens is 211 g/mol. The number of benzene rings is 1. The van der Waals surface area contributed by atoms with Gasteiger partial charge in [0.2, 0.25) is 0 Å². The van der Waals surface area contributed by atoms with E-state index in [1.54, 1.807) is 0 Å². The van der Waals surface area contributed by atoms with Crippen molar-refractivity contribution < 1.29 is 14.3 Å². The molecular formula is C11H7FN2O2. The van der Waals surface area contributed by atoms with Crippen molar-refractivity contribution in [2.45, 2.75) is 0 Å². The Labute approximate surface area is 90.4 Å². The monoisotopic (exact) mass is 218 g/mol. The molecule has 0 saturated carbocycles. The second-order valence-electron chi connectivity index (χ2n) is 3.09. The molecule has 0 radical (unpaired) electrons. The molecule has 16 heavy (non-hydrogen) atoms. The number of carbonyl (C=O) groups is 1. The SMILES string of the molecule is O=C(O)c1cc(-c2cnccn2)ccc1F. The number of hydrogen-bond acceptors (Lipinski definition) is 3. The van der Waals surface area contributed by atoms with Gasteiger partial charge in [-0.2, -0.15) is 0 Å². The Morgan fingerprint density at radius 2 is 2.12 bits per heavy atom. The maximum absolute atomic E-state index is 13.1. The third-order valence-corrected chi connectivity index (χ3v) is 2.06. The lowest BCUT2D eigenvalue weighted by Gasteiger charge is -2.02. The zero-order chi connectivity index (χ0) is 11.5. The molecule has 0 atom stereocenters. The first-order chi connectivity index (χ1) is 7.68. The first-order valence-corrected chi connectivity index (χ1v) is 4.47. The maximum Gasteiger partial charge on any atom is 0.338 e. The number of aromatic nitrogens is 2. The van der Waals surface area contributed by atoms with Crippen LogP contribution in [0, 0.1) is 5.82 Å². The highest BCUT2D eigenvalue weighted by Crippen LogP contribution is 2.19. The van der Waals surface area contributed by atoms with Crippen molar-refractivity contribution in [1.29, 1.82) is 0 Å². The summed E-state index contributed by atoms with van der Waals surface area (Å²) in [4.78, 5) is 18.6. The summed E-state index contributed by atoms with van der Waals surface area (Å²) in [6.07, 6.45) is 4.48. The summed E-state index contributed by atoms with van der Waals surface area (Å²) in [7, 11) is 0. The molecule has 0 saturated heterocycles. The van der Waals surface area contributed by atoms with Gasteiger partial charge < -0.3 is 5.11 Å². The molecule has 0 bridgehead atoms. The van der Waals surface area contributed by atoms with Crippen LogP contribution < -0.4 is 0 Å². The first kappa shape index (κ1) is 10.2. The van der Waals surface area contributed by atoms with Crippen molar-refractivity contribution in [2.24, 2.45) is 0 Å². The summed E-state index contributed by atoms with van der Waals surface area (Å²) < 4.78 is 13.1. The molecule has 0 aliphatic heterocycles. The Hall–Kier alpha value is -2.30. The van der Waals surface area contributed by atoms with Gasteiger partial charge in [0.05, 0.1) is 17.5 Å². The fraction of sp³-hybridized carbons (Fsp3) is 0. The summed E-state index contributed by atoms with van der Waals surface area (Å²) >= 11 is 0. The van der Waals surface area contributed by atoms with E-state index >= 15 is 0 Å². The minimum Gasteiger partial charge on any atom is -0.478 e. The lowest BCUT2D eigenvalue weighted by atomic mass is 10.1. The van der Waals surface area contributed by atoms with E-state index in [0.717, 1.165) is 6.07 Å². The quantitative estimate of drug-likeness (QED) is 0.837. The van der Waals surface area contributed by atoms with Gasteiger partial charge in [0, 0.05) is 18.0 Å². The van der Waals surface area contributed by atoms with Crippen molar-refractivity contribution in [1.82, 2.24) is 9.97 Å². The van der Waals surface area contributed by atoms with Crippen molar-refractivity contribution in [3.8, 4) is 11.3 Å². The molecule has 1 heterocycles. The minimum absolute atomic E-state index is 0.372. The molecule has 1 N–H and O–H groups in total. The first-order valence-electron chi connectivity index (χ1n) is 4.47. The zero-order valence-corrected chi connectivity index (χ0v) is 8.09. The van der Waals surface area contributed by atoms with Crippen molar-refractivity contribution in [3.05, 3.63) is 48.2 Å². The molecule has 0 aliphatic carbocycles. The third kappa shape index (κ3) is 1.88. The summed E-state index contributed by atoms with van der Waals surface area (Å²) in [5, 5.41) is 8.76. The summed E-state index contributed by atoms with van der Waals surface area (Å²) in [5.41, 5.74) is 0.653. The van der Waals surface area contributed by atoms with Crippen LogP contribution in [0.5, 0.6) is 0 Å².